The average Bonchev–Trinajstić information content (AvgIpc) is 3.22. The van der Waals surface area contributed by atoms with Crippen LogP contribution in [0.5, 0.6) is 0 Å². The van der Waals surface area contributed by atoms with Crippen LogP contribution in [0.3, 0.4) is 0 Å². The van der Waals surface area contributed by atoms with Gasteiger partial charge in [0.05, 0.1) is 12.2 Å². The summed E-state index contributed by atoms with van der Waals surface area (Å²) in [5.41, 5.74) is 3.03. The quantitative estimate of drug-likeness (QED) is 0.669. The standard InChI is InChI=1S/C23H28N6O/c1-23(2,3)19-11-9-18(10-12-19)22(30)28-15-13-27(14-16-28)17-21-24-25-26-29(21)20-7-5-4-6-8-20/h4-12H,13-17H2,1-3H3. The Bertz CT molecular complexity index is 983. The number of aromatic nitrogens is 4. The first-order chi connectivity index (χ1) is 14.4. The SMILES string of the molecule is CC(C)(C)c1ccc(C(=O)N2CCN(Cc3nnnn3-c3ccccc3)CC2)cc1. The molecule has 7 heteroatoms. The third-order valence-electron chi connectivity index (χ3n) is 5.56. The molecule has 1 aromatic heterocycles. The molecule has 30 heavy (non-hydrogen) atoms. The Morgan fingerprint density at radius 3 is 2.23 bits per heavy atom. The molecule has 0 aliphatic carbocycles. The van der Waals surface area contributed by atoms with Gasteiger partial charge in [-0.25, -0.2) is 0 Å². The minimum absolute atomic E-state index is 0.0857. The van der Waals surface area contributed by atoms with E-state index in [9.17, 15) is 4.79 Å². The minimum Gasteiger partial charge on any atom is -0.336 e. The Hall–Kier alpha value is -3.06. The number of rotatable bonds is 4. The maximum Gasteiger partial charge on any atom is 0.253 e. The third kappa shape index (κ3) is 4.41. The van der Waals surface area contributed by atoms with Crippen LogP contribution in [0.2, 0.25) is 0 Å². The second kappa shape index (κ2) is 8.36. The van der Waals surface area contributed by atoms with E-state index in [4.69, 9.17) is 0 Å². The fourth-order valence-electron chi connectivity index (χ4n) is 3.68. The summed E-state index contributed by atoms with van der Waals surface area (Å²) in [6, 6.07) is 17.9. The lowest BCUT2D eigenvalue weighted by Crippen LogP contribution is -2.48. The number of hydrogen-bond acceptors (Lipinski definition) is 5. The van der Waals surface area contributed by atoms with Gasteiger partial charge in [0.25, 0.3) is 5.91 Å². The normalized spacial score (nSPS) is 15.4. The van der Waals surface area contributed by atoms with Gasteiger partial charge in [-0.3, -0.25) is 9.69 Å². The van der Waals surface area contributed by atoms with E-state index in [1.807, 2.05) is 47.4 Å². The van der Waals surface area contributed by atoms with Crippen molar-refractivity contribution in [1.82, 2.24) is 30.0 Å². The first-order valence-electron chi connectivity index (χ1n) is 10.4. The summed E-state index contributed by atoms with van der Waals surface area (Å²) in [4.78, 5) is 17.1. The molecule has 0 saturated carbocycles. The monoisotopic (exact) mass is 404 g/mol. The molecule has 0 radical (unpaired) electrons. The fourth-order valence-corrected chi connectivity index (χ4v) is 3.68. The maximum atomic E-state index is 12.9. The molecule has 0 atom stereocenters. The molecule has 3 aromatic rings. The zero-order chi connectivity index (χ0) is 21.1. The van der Waals surface area contributed by atoms with Crippen molar-refractivity contribution in [2.24, 2.45) is 0 Å². The lowest BCUT2D eigenvalue weighted by molar-refractivity contribution is 0.0624. The molecular formula is C23H28N6O. The van der Waals surface area contributed by atoms with Crippen LogP contribution in [-0.2, 0) is 12.0 Å². The summed E-state index contributed by atoms with van der Waals surface area (Å²) in [6.07, 6.45) is 0. The lowest BCUT2D eigenvalue weighted by Gasteiger charge is -2.34. The second-order valence-electron chi connectivity index (χ2n) is 8.74. The number of carbonyl (C=O) groups excluding carboxylic acids is 1. The smallest absolute Gasteiger partial charge is 0.253 e. The van der Waals surface area contributed by atoms with Crippen molar-refractivity contribution in [2.45, 2.75) is 32.7 Å². The van der Waals surface area contributed by atoms with Gasteiger partial charge >= 0.3 is 0 Å². The van der Waals surface area contributed by atoms with Crippen LogP contribution in [0, 0.1) is 0 Å². The Labute approximate surface area is 177 Å². The second-order valence-corrected chi connectivity index (χ2v) is 8.74. The first kappa shape index (κ1) is 20.2. The summed E-state index contributed by atoms with van der Waals surface area (Å²) in [5, 5.41) is 12.2. The molecule has 1 fully saturated rings. The largest absolute Gasteiger partial charge is 0.336 e. The van der Waals surface area contributed by atoms with Crippen molar-refractivity contribution >= 4 is 5.91 Å². The molecule has 1 aliphatic heterocycles. The molecule has 0 bridgehead atoms. The Kier molecular flexibility index (Phi) is 5.63. The van der Waals surface area contributed by atoms with Gasteiger partial charge in [-0.05, 0) is 45.7 Å². The lowest BCUT2D eigenvalue weighted by atomic mass is 9.86. The van der Waals surface area contributed by atoms with Crippen molar-refractivity contribution in [1.29, 1.82) is 0 Å². The van der Waals surface area contributed by atoms with E-state index in [0.29, 0.717) is 19.6 Å². The number of piperazine rings is 1. The highest BCUT2D eigenvalue weighted by atomic mass is 16.2. The molecule has 7 nitrogen and oxygen atoms in total. The number of para-hydroxylation sites is 1. The van der Waals surface area contributed by atoms with Crippen LogP contribution in [0.25, 0.3) is 5.69 Å². The zero-order valence-corrected chi connectivity index (χ0v) is 17.8. The fraction of sp³-hybridized carbons (Fsp3) is 0.391. The molecule has 0 N–H and O–H groups in total. The van der Waals surface area contributed by atoms with E-state index in [1.54, 1.807) is 4.68 Å². The average molecular weight is 405 g/mol. The van der Waals surface area contributed by atoms with Gasteiger partial charge < -0.3 is 4.90 Å². The highest BCUT2D eigenvalue weighted by molar-refractivity contribution is 5.94. The van der Waals surface area contributed by atoms with Crippen LogP contribution in [-0.4, -0.2) is 62.1 Å². The summed E-state index contributed by atoms with van der Waals surface area (Å²) in [7, 11) is 0. The van der Waals surface area contributed by atoms with Gasteiger partial charge in [-0.1, -0.05) is 51.1 Å². The number of benzene rings is 2. The molecule has 2 heterocycles. The van der Waals surface area contributed by atoms with Crippen LogP contribution < -0.4 is 0 Å². The van der Waals surface area contributed by atoms with Gasteiger partial charge in [0.1, 0.15) is 0 Å². The van der Waals surface area contributed by atoms with Gasteiger partial charge in [-0.2, -0.15) is 4.68 Å². The summed E-state index contributed by atoms with van der Waals surface area (Å²) in [5.74, 6) is 0.906. The van der Waals surface area contributed by atoms with Crippen molar-refractivity contribution in [3.8, 4) is 5.69 Å². The molecule has 0 spiro atoms. The van der Waals surface area contributed by atoms with E-state index in [-0.39, 0.29) is 11.3 Å². The van der Waals surface area contributed by atoms with Gasteiger partial charge in [-0.15, -0.1) is 5.10 Å². The zero-order valence-electron chi connectivity index (χ0n) is 17.8. The summed E-state index contributed by atoms with van der Waals surface area (Å²) >= 11 is 0. The highest BCUT2D eigenvalue weighted by Gasteiger charge is 2.24. The number of tetrazole rings is 1. The van der Waals surface area contributed by atoms with Crippen molar-refractivity contribution in [3.63, 3.8) is 0 Å². The number of carbonyl (C=O) groups is 1. The van der Waals surface area contributed by atoms with Crippen molar-refractivity contribution in [2.75, 3.05) is 26.2 Å². The third-order valence-corrected chi connectivity index (χ3v) is 5.56. The van der Waals surface area contributed by atoms with Crippen molar-refractivity contribution < 1.29 is 4.79 Å². The van der Waals surface area contributed by atoms with E-state index in [2.05, 4.69) is 53.3 Å². The van der Waals surface area contributed by atoms with Crippen LogP contribution in [0.1, 0.15) is 42.5 Å². The predicted molar refractivity (Wildman–Crippen MR) is 115 cm³/mol. The number of nitrogens with zero attached hydrogens (tertiary/aromatic N) is 6. The van der Waals surface area contributed by atoms with Crippen molar-refractivity contribution in [3.05, 3.63) is 71.5 Å². The van der Waals surface area contributed by atoms with Crippen LogP contribution >= 0.6 is 0 Å². The Morgan fingerprint density at radius 2 is 1.60 bits per heavy atom. The molecule has 0 unspecified atom stereocenters. The van der Waals surface area contributed by atoms with E-state index in [1.165, 1.54) is 5.56 Å². The topological polar surface area (TPSA) is 67.2 Å². The van der Waals surface area contributed by atoms with E-state index >= 15 is 0 Å². The van der Waals surface area contributed by atoms with Gasteiger partial charge in [0.2, 0.25) is 0 Å². The number of hydrogen-bond donors (Lipinski definition) is 0. The van der Waals surface area contributed by atoms with E-state index < -0.39 is 0 Å². The molecule has 1 amide bonds. The molecule has 4 rings (SSSR count). The Morgan fingerprint density at radius 1 is 0.933 bits per heavy atom. The molecule has 1 aliphatic rings. The van der Waals surface area contributed by atoms with Crippen LogP contribution in [0.15, 0.2) is 54.6 Å². The minimum atomic E-state index is 0.0857. The maximum absolute atomic E-state index is 12.9. The van der Waals surface area contributed by atoms with Crippen LogP contribution in [0.4, 0.5) is 0 Å². The van der Waals surface area contributed by atoms with E-state index in [0.717, 1.165) is 30.2 Å². The molecule has 1 saturated heterocycles. The summed E-state index contributed by atoms with van der Waals surface area (Å²) < 4.78 is 1.77. The Balaban J connectivity index is 1.36. The molecule has 2 aromatic carbocycles. The van der Waals surface area contributed by atoms with Gasteiger partial charge in [0, 0.05) is 31.7 Å². The number of amides is 1. The predicted octanol–water partition coefficient (Wildman–Crippen LogP) is 2.92. The highest BCUT2D eigenvalue weighted by Crippen LogP contribution is 2.22. The van der Waals surface area contributed by atoms with Gasteiger partial charge in [0.15, 0.2) is 5.82 Å². The molecular weight excluding hydrogens is 376 g/mol. The summed E-state index contributed by atoms with van der Waals surface area (Å²) in [6.45, 7) is 10.2. The first-order valence-corrected chi connectivity index (χ1v) is 10.4. The molecule has 156 valence electrons.